The summed E-state index contributed by atoms with van der Waals surface area (Å²) in [7, 11) is 0. The smallest absolute Gasteiger partial charge is 0.138 e. The molecule has 4 nitrogen and oxygen atoms in total. The number of carbonyl (C=O) groups excluding carboxylic acids is 1. The van der Waals surface area contributed by atoms with Crippen LogP contribution in [-0.2, 0) is 9.53 Å². The number of ether oxygens (including phenoxy) is 1. The molecule has 0 aromatic carbocycles. The lowest BCUT2D eigenvalue weighted by atomic mass is 9.42. The van der Waals surface area contributed by atoms with Gasteiger partial charge in [-0.1, -0.05) is 27.7 Å². The van der Waals surface area contributed by atoms with Crippen molar-refractivity contribution in [2.75, 3.05) is 6.61 Å². The van der Waals surface area contributed by atoms with Crippen LogP contribution in [0, 0.1) is 50.7 Å². The Bertz CT molecular complexity index is 894. The van der Waals surface area contributed by atoms with Gasteiger partial charge in [0.05, 0.1) is 18.3 Å². The molecule has 1 saturated heterocycles. The molecular weight excluding hydrogens is 424 g/mol. The molecule has 0 bridgehead atoms. The van der Waals surface area contributed by atoms with E-state index < -0.39 is 17.8 Å². The van der Waals surface area contributed by atoms with Gasteiger partial charge in [-0.15, -0.1) is 0 Å². The third-order valence-electron chi connectivity index (χ3n) is 13.8. The summed E-state index contributed by atoms with van der Waals surface area (Å²) in [5.74, 6) is 2.71. The Morgan fingerprint density at radius 3 is 2.24 bits per heavy atom. The van der Waals surface area contributed by atoms with Crippen LogP contribution in [0.5, 0.6) is 0 Å². The van der Waals surface area contributed by atoms with Gasteiger partial charge < -0.3 is 14.9 Å². The molecule has 2 N–H and O–H groups in total. The zero-order valence-electron chi connectivity index (χ0n) is 22.5. The average Bonchev–Trinajstić information content (AvgIpc) is 3.38. The number of Topliss-reactive ketones (excluding diaryl/α,β-unsaturated/α-hetero) is 1. The quantitative estimate of drug-likeness (QED) is 0.526. The minimum atomic E-state index is -0.827. The van der Waals surface area contributed by atoms with E-state index in [2.05, 4.69) is 27.7 Å². The second-order valence-electron chi connectivity index (χ2n) is 15.2. The predicted molar refractivity (Wildman–Crippen MR) is 132 cm³/mol. The van der Waals surface area contributed by atoms with Crippen molar-refractivity contribution in [1.82, 2.24) is 0 Å². The fraction of sp³-hybridized carbons (Fsp3) is 0.967. The predicted octanol–water partition coefficient (Wildman–Crippen LogP) is 5.53. The molecule has 6 rings (SSSR count). The number of carbonyl (C=O) groups is 1. The summed E-state index contributed by atoms with van der Waals surface area (Å²) in [4.78, 5) is 12.9. The van der Waals surface area contributed by atoms with Crippen LogP contribution < -0.4 is 0 Å². The molecule has 0 aromatic rings. The minimum absolute atomic E-state index is 0.145. The van der Waals surface area contributed by atoms with Crippen LogP contribution in [0.2, 0.25) is 0 Å². The summed E-state index contributed by atoms with van der Waals surface area (Å²) in [6.45, 7) is 14.2. The van der Waals surface area contributed by atoms with Crippen LogP contribution >= 0.6 is 0 Å². The van der Waals surface area contributed by atoms with Crippen LogP contribution in [-0.4, -0.2) is 40.4 Å². The van der Waals surface area contributed by atoms with E-state index in [9.17, 15) is 15.0 Å². The Labute approximate surface area is 206 Å². The molecular formula is C30H48O4. The topological polar surface area (TPSA) is 66.8 Å². The van der Waals surface area contributed by atoms with E-state index in [1.54, 1.807) is 0 Å². The van der Waals surface area contributed by atoms with E-state index in [4.69, 9.17) is 4.74 Å². The van der Waals surface area contributed by atoms with Crippen molar-refractivity contribution in [2.45, 2.75) is 124 Å². The standard InChI is InChI=1S/C30H48O4/c1-25(2)21-7-8-22-28(6)11-9-19(18-15-20(31)24(33)26(3,4)34-16-18)27(28,5)13-14-30(22)17-29(21,30)12-10-23(25)32/h18-22,24,31,33H,7-17H2,1-6H3/t18-,19+,20+,21-,22-,24-,27+,28-,29+,30-/m0/s1. The number of fused-ring (bicyclic) bond motifs is 2. The minimum Gasteiger partial charge on any atom is -0.390 e. The highest BCUT2D eigenvalue weighted by atomic mass is 16.5. The molecule has 5 saturated carbocycles. The molecule has 0 radical (unpaired) electrons. The maximum Gasteiger partial charge on any atom is 0.138 e. The SMILES string of the molecule is CC1(C)OC[C@@H]([C@H]2CC[C@@]3(C)[C@@H]4CC[C@H]5C(C)(C)C(=O)CC[C@@]56C[C@@]46CC[C@]23C)C[C@@H](O)[C@@H]1O. The van der Waals surface area contributed by atoms with Gasteiger partial charge in [0.25, 0.3) is 0 Å². The van der Waals surface area contributed by atoms with Crippen molar-refractivity contribution in [3.8, 4) is 0 Å². The lowest BCUT2D eigenvalue weighted by Crippen LogP contribution is -2.57. The van der Waals surface area contributed by atoms with Crippen LogP contribution in [0.25, 0.3) is 0 Å². The number of hydrogen-bond acceptors (Lipinski definition) is 4. The third kappa shape index (κ3) is 2.64. The van der Waals surface area contributed by atoms with E-state index >= 15 is 0 Å². The van der Waals surface area contributed by atoms with Crippen molar-refractivity contribution in [3.63, 3.8) is 0 Å². The third-order valence-corrected chi connectivity index (χ3v) is 13.8. The Kier molecular flexibility index (Phi) is 4.85. The lowest BCUT2D eigenvalue weighted by molar-refractivity contribution is -0.159. The molecule has 0 aromatic heterocycles. The zero-order valence-corrected chi connectivity index (χ0v) is 22.5. The van der Waals surface area contributed by atoms with Gasteiger partial charge in [-0.3, -0.25) is 4.79 Å². The van der Waals surface area contributed by atoms with Crippen LogP contribution in [0.3, 0.4) is 0 Å². The molecule has 4 heteroatoms. The highest BCUT2D eigenvalue weighted by Crippen LogP contribution is 2.88. The molecule has 1 aliphatic heterocycles. The van der Waals surface area contributed by atoms with Crippen molar-refractivity contribution in [1.29, 1.82) is 0 Å². The van der Waals surface area contributed by atoms with E-state index in [1.807, 2.05) is 13.8 Å². The van der Waals surface area contributed by atoms with Crippen molar-refractivity contribution in [3.05, 3.63) is 0 Å². The molecule has 6 fully saturated rings. The van der Waals surface area contributed by atoms with E-state index in [1.165, 1.54) is 44.9 Å². The van der Waals surface area contributed by atoms with Gasteiger partial charge in [-0.25, -0.2) is 0 Å². The monoisotopic (exact) mass is 472 g/mol. The van der Waals surface area contributed by atoms with Crippen molar-refractivity contribution >= 4 is 5.78 Å². The van der Waals surface area contributed by atoms with Gasteiger partial charge in [0.1, 0.15) is 11.9 Å². The van der Waals surface area contributed by atoms with Crippen LogP contribution in [0.1, 0.15) is 106 Å². The molecule has 0 unspecified atom stereocenters. The highest BCUT2D eigenvalue weighted by molar-refractivity contribution is 5.86. The van der Waals surface area contributed by atoms with Gasteiger partial charge in [0, 0.05) is 11.8 Å². The molecule has 2 spiro atoms. The Balaban J connectivity index is 1.30. The van der Waals surface area contributed by atoms with E-state index in [0.717, 1.165) is 18.8 Å². The molecule has 5 aliphatic carbocycles. The Morgan fingerprint density at radius 2 is 1.50 bits per heavy atom. The first kappa shape index (κ1) is 23.9. The fourth-order valence-electron chi connectivity index (χ4n) is 11.6. The summed E-state index contributed by atoms with van der Waals surface area (Å²) >= 11 is 0. The first-order valence-electron chi connectivity index (χ1n) is 14.3. The van der Waals surface area contributed by atoms with Gasteiger partial charge in [-0.05, 0) is 117 Å². The van der Waals surface area contributed by atoms with Crippen LogP contribution in [0.15, 0.2) is 0 Å². The highest BCUT2D eigenvalue weighted by Gasteiger charge is 2.82. The van der Waals surface area contributed by atoms with Gasteiger partial charge in [-0.2, -0.15) is 0 Å². The molecule has 1 heterocycles. The summed E-state index contributed by atoms with van der Waals surface area (Å²) < 4.78 is 6.25. The van der Waals surface area contributed by atoms with E-state index in [-0.39, 0.29) is 10.8 Å². The summed E-state index contributed by atoms with van der Waals surface area (Å²) in [5, 5.41) is 21.5. The molecule has 10 atom stereocenters. The van der Waals surface area contributed by atoms with Crippen LogP contribution in [0.4, 0.5) is 0 Å². The maximum absolute atomic E-state index is 12.9. The lowest BCUT2D eigenvalue weighted by Gasteiger charge is -2.62. The summed E-state index contributed by atoms with van der Waals surface area (Å²) in [6.07, 6.45) is 10.0. The molecule has 34 heavy (non-hydrogen) atoms. The van der Waals surface area contributed by atoms with Crippen molar-refractivity contribution in [2.24, 2.45) is 50.7 Å². The fourth-order valence-corrected chi connectivity index (χ4v) is 11.6. The molecule has 192 valence electrons. The maximum atomic E-state index is 12.9. The van der Waals surface area contributed by atoms with Gasteiger partial charge in [0.15, 0.2) is 0 Å². The first-order valence-corrected chi connectivity index (χ1v) is 14.3. The summed E-state index contributed by atoms with van der Waals surface area (Å²) in [5.41, 5.74) is 0.625. The molecule has 6 aliphatic rings. The number of rotatable bonds is 1. The normalized spacial score (nSPS) is 57.6. The Morgan fingerprint density at radius 1 is 0.824 bits per heavy atom. The van der Waals surface area contributed by atoms with E-state index in [0.29, 0.717) is 52.8 Å². The number of ketones is 1. The largest absolute Gasteiger partial charge is 0.390 e. The van der Waals surface area contributed by atoms with Gasteiger partial charge in [0.2, 0.25) is 0 Å². The zero-order chi connectivity index (χ0) is 24.5. The van der Waals surface area contributed by atoms with Gasteiger partial charge >= 0.3 is 0 Å². The number of hydrogen-bond donors (Lipinski definition) is 2. The second kappa shape index (κ2) is 6.90. The number of aliphatic hydroxyl groups excluding tert-OH is 2. The average molecular weight is 473 g/mol. The number of aliphatic hydroxyl groups is 2. The Hall–Kier alpha value is -0.450. The molecule has 0 amide bonds. The second-order valence-corrected chi connectivity index (χ2v) is 15.2. The van der Waals surface area contributed by atoms with Crippen molar-refractivity contribution < 1.29 is 19.7 Å². The summed E-state index contributed by atoms with van der Waals surface area (Å²) in [6, 6.07) is 0. The first-order chi connectivity index (χ1) is 15.8.